The molecule has 7 atom stereocenters. The van der Waals surface area contributed by atoms with Crippen molar-refractivity contribution in [1.29, 1.82) is 0 Å². The fourth-order valence-electron chi connectivity index (χ4n) is 7.01. The Bertz CT molecular complexity index is 856. The van der Waals surface area contributed by atoms with E-state index >= 15 is 8.78 Å². The van der Waals surface area contributed by atoms with Crippen molar-refractivity contribution in [2.75, 3.05) is 6.61 Å². The second-order valence-corrected chi connectivity index (χ2v) is 11.6. The number of allylic oxidation sites excluding steroid dienone is 4. The molecule has 0 unspecified atom stereocenters. The third kappa shape index (κ3) is 3.40. The summed E-state index contributed by atoms with van der Waals surface area (Å²) in [4.78, 5) is 22.6. The Balaban J connectivity index is 1.67. The minimum absolute atomic E-state index is 0.0508. The van der Waals surface area contributed by atoms with Crippen molar-refractivity contribution in [1.82, 2.24) is 0 Å². The fraction of sp³-hybridized carbons (Fsp3) is 0.750. The van der Waals surface area contributed by atoms with Crippen molar-refractivity contribution in [3.63, 3.8) is 0 Å². The first-order chi connectivity index (χ1) is 14.4. The van der Waals surface area contributed by atoms with Gasteiger partial charge in [-0.2, -0.15) is 0 Å². The molecule has 7 heteroatoms. The Morgan fingerprint density at radius 1 is 1.23 bits per heavy atom. The third-order valence-electron chi connectivity index (χ3n) is 8.39. The normalized spacial score (nSPS) is 45.4. The van der Waals surface area contributed by atoms with E-state index in [0.29, 0.717) is 25.9 Å². The zero-order valence-corrected chi connectivity index (χ0v) is 19.7. The van der Waals surface area contributed by atoms with Gasteiger partial charge in [0, 0.05) is 23.8 Å². The number of esters is 1. The van der Waals surface area contributed by atoms with Crippen molar-refractivity contribution in [3.8, 4) is 0 Å². The van der Waals surface area contributed by atoms with E-state index in [1.165, 1.54) is 6.08 Å². The van der Waals surface area contributed by atoms with Crippen molar-refractivity contribution in [3.05, 3.63) is 23.8 Å². The van der Waals surface area contributed by atoms with Gasteiger partial charge in [0.1, 0.15) is 0 Å². The molecule has 3 fully saturated rings. The quantitative estimate of drug-likeness (QED) is 0.366. The molecule has 0 heterocycles. The van der Waals surface area contributed by atoms with Crippen LogP contribution in [-0.4, -0.2) is 34.5 Å². The van der Waals surface area contributed by atoms with Gasteiger partial charge in [-0.1, -0.05) is 26.8 Å². The predicted molar refractivity (Wildman–Crippen MR) is 116 cm³/mol. The van der Waals surface area contributed by atoms with E-state index in [9.17, 15) is 9.59 Å². The number of rotatable bonds is 4. The molecule has 0 radical (unpaired) electrons. The minimum Gasteiger partial charge on any atom is -0.465 e. The monoisotopic (exact) mass is 474 g/mol. The Morgan fingerprint density at radius 2 is 1.94 bits per heavy atom. The van der Waals surface area contributed by atoms with E-state index in [-0.39, 0.29) is 28.8 Å². The average Bonchev–Trinajstić information content (AvgIpc) is 3.01. The first-order valence-electron chi connectivity index (χ1n) is 11.2. The summed E-state index contributed by atoms with van der Waals surface area (Å²) in [6.45, 7) is 6.05. The molecule has 0 amide bonds. The van der Waals surface area contributed by atoms with E-state index in [0.717, 1.165) is 18.9 Å². The van der Waals surface area contributed by atoms with Gasteiger partial charge in [-0.25, -0.2) is 8.78 Å². The highest BCUT2D eigenvalue weighted by atomic mass is 35.5. The Hall–Kier alpha value is -0.940. The van der Waals surface area contributed by atoms with Gasteiger partial charge in [-0.3, -0.25) is 9.59 Å². The maximum Gasteiger partial charge on any atom is 0.305 e. The molecule has 31 heavy (non-hydrogen) atoms. The number of hydrogen-bond acceptors (Lipinski definition) is 3. The van der Waals surface area contributed by atoms with Crippen molar-refractivity contribution >= 4 is 35.0 Å². The van der Waals surface area contributed by atoms with E-state index < -0.39 is 39.7 Å². The molecular weight excluding hydrogens is 445 g/mol. The lowest BCUT2D eigenvalue weighted by atomic mass is 9.47. The number of carbonyl (C=O) groups is 2. The molecule has 0 N–H and O–H groups in total. The fourth-order valence-corrected chi connectivity index (χ4v) is 8.22. The summed E-state index contributed by atoms with van der Waals surface area (Å²) in [6, 6.07) is 0. The number of alkyl halides is 4. The molecule has 4 aliphatic rings. The van der Waals surface area contributed by atoms with Crippen LogP contribution in [0.5, 0.6) is 0 Å². The topological polar surface area (TPSA) is 43.4 Å². The number of fused-ring (bicyclic) bond motifs is 5. The first-order valence-corrected chi connectivity index (χ1v) is 12.0. The van der Waals surface area contributed by atoms with Gasteiger partial charge in [-0.05, 0) is 61.0 Å². The maximum absolute atomic E-state index is 15.4. The Labute approximate surface area is 192 Å². The number of carbonyl (C=O) groups excluding carboxylic acids is 2. The van der Waals surface area contributed by atoms with E-state index in [2.05, 4.69) is 6.92 Å². The number of halogens is 4. The molecule has 0 saturated heterocycles. The van der Waals surface area contributed by atoms with Gasteiger partial charge in [0.2, 0.25) is 0 Å². The van der Waals surface area contributed by atoms with Crippen LogP contribution in [0, 0.1) is 28.6 Å². The van der Waals surface area contributed by atoms with Crippen LogP contribution in [0.4, 0.5) is 8.78 Å². The predicted octanol–water partition coefficient (Wildman–Crippen LogP) is 6.08. The van der Waals surface area contributed by atoms with Crippen LogP contribution in [0.2, 0.25) is 0 Å². The third-order valence-corrected chi connectivity index (χ3v) is 9.94. The van der Waals surface area contributed by atoms with Crippen LogP contribution in [0.15, 0.2) is 23.8 Å². The minimum atomic E-state index is -3.13. The van der Waals surface area contributed by atoms with Gasteiger partial charge in [0.05, 0.1) is 16.9 Å². The van der Waals surface area contributed by atoms with Crippen LogP contribution in [0.1, 0.15) is 59.3 Å². The average molecular weight is 475 g/mol. The summed E-state index contributed by atoms with van der Waals surface area (Å²) in [5.41, 5.74) is -1.65. The first kappa shape index (κ1) is 23.2. The zero-order valence-electron chi connectivity index (χ0n) is 18.2. The summed E-state index contributed by atoms with van der Waals surface area (Å²) >= 11 is 14.2. The molecule has 3 saturated carbocycles. The molecule has 0 aromatic heterocycles. The molecular formula is C24H30Cl2F2O3. The maximum atomic E-state index is 15.4. The second-order valence-electron chi connectivity index (χ2n) is 10.5. The molecule has 0 aromatic rings. The van der Waals surface area contributed by atoms with Gasteiger partial charge in [0.15, 0.2) is 5.78 Å². The molecule has 3 nitrogen and oxygen atoms in total. The summed E-state index contributed by atoms with van der Waals surface area (Å²) in [6.07, 6.45) is 6.73. The summed E-state index contributed by atoms with van der Waals surface area (Å²) < 4.78 is 36.3. The zero-order chi connectivity index (χ0) is 22.8. The van der Waals surface area contributed by atoms with Gasteiger partial charge in [-0.15, -0.1) is 23.2 Å². The van der Waals surface area contributed by atoms with Crippen LogP contribution >= 0.6 is 23.2 Å². The van der Waals surface area contributed by atoms with Gasteiger partial charge in [0.25, 0.3) is 5.92 Å². The van der Waals surface area contributed by atoms with Crippen molar-refractivity contribution in [2.45, 2.75) is 75.5 Å². The van der Waals surface area contributed by atoms with Crippen LogP contribution in [0.3, 0.4) is 0 Å². The van der Waals surface area contributed by atoms with Gasteiger partial charge >= 0.3 is 5.97 Å². The van der Waals surface area contributed by atoms with Crippen molar-refractivity contribution < 1.29 is 23.1 Å². The molecule has 0 bridgehead atoms. The molecule has 4 aliphatic carbocycles. The van der Waals surface area contributed by atoms with Gasteiger partial charge < -0.3 is 4.74 Å². The summed E-state index contributed by atoms with van der Waals surface area (Å²) in [5, 5.41) is -0.524. The molecule has 172 valence electrons. The Kier molecular flexibility index (Phi) is 5.65. The number of hydrogen-bond donors (Lipinski definition) is 0. The molecule has 0 aromatic carbocycles. The standard InChI is InChI=1S/C24H30Cl2F2O3/c1-4-5-20(30)31-13-14-8-16-17-11-23(27,28)18-9-15(29)6-7-22(18,3)24(17,26)19(25)12-21(16,2)10-14/h6-7,9,14,16-17,19H,4-5,8,10-13H2,1-3H3/t14-,16+,17+,19+,21+,22+,24+/m1/s1. The molecule has 4 rings (SSSR count). The van der Waals surface area contributed by atoms with Crippen LogP contribution in [0.25, 0.3) is 0 Å². The van der Waals surface area contributed by atoms with Crippen LogP contribution in [-0.2, 0) is 14.3 Å². The van der Waals surface area contributed by atoms with Crippen LogP contribution < -0.4 is 0 Å². The Morgan fingerprint density at radius 3 is 2.61 bits per heavy atom. The lowest BCUT2D eigenvalue weighted by molar-refractivity contribution is -0.145. The summed E-state index contributed by atoms with van der Waals surface area (Å²) in [5.74, 6) is -4.23. The SMILES string of the molecule is CCCC(=O)OC[C@@H]1C[C@H]2[C@@H]3CC(F)(F)C4=CC(=O)C=C[C@]4(C)[C@@]3(Cl)[C@@H](Cl)C[C@]2(C)C1. The van der Waals surface area contributed by atoms with Crippen molar-refractivity contribution in [2.24, 2.45) is 28.6 Å². The highest BCUT2D eigenvalue weighted by Crippen LogP contribution is 2.72. The second kappa shape index (κ2) is 7.55. The molecule has 0 spiro atoms. The number of ether oxygens (including phenoxy) is 1. The summed E-state index contributed by atoms with van der Waals surface area (Å²) in [7, 11) is 0. The van der Waals surface area contributed by atoms with E-state index in [4.69, 9.17) is 27.9 Å². The highest BCUT2D eigenvalue weighted by molar-refractivity contribution is 6.34. The number of ketones is 1. The van der Waals surface area contributed by atoms with E-state index in [1.54, 1.807) is 13.0 Å². The smallest absolute Gasteiger partial charge is 0.305 e. The molecule has 0 aliphatic heterocycles. The largest absolute Gasteiger partial charge is 0.465 e. The highest BCUT2D eigenvalue weighted by Gasteiger charge is 2.72. The lowest BCUT2D eigenvalue weighted by Crippen LogP contribution is -2.67. The lowest BCUT2D eigenvalue weighted by Gasteiger charge is -2.63. The van der Waals surface area contributed by atoms with E-state index in [1.807, 2.05) is 6.92 Å².